The third kappa shape index (κ3) is 3.86. The second kappa shape index (κ2) is 6.41. The van der Waals surface area contributed by atoms with Crippen molar-refractivity contribution in [3.63, 3.8) is 0 Å². The van der Waals surface area contributed by atoms with Crippen molar-refractivity contribution in [2.75, 3.05) is 18.2 Å². The molecular formula is C10H15N3O3S. The molecule has 3 N–H and O–H groups in total. The van der Waals surface area contributed by atoms with Crippen molar-refractivity contribution >= 4 is 23.7 Å². The van der Waals surface area contributed by atoms with Crippen LogP contribution < -0.4 is 5.32 Å². The van der Waals surface area contributed by atoms with Gasteiger partial charge in [0.2, 0.25) is 5.95 Å². The summed E-state index contributed by atoms with van der Waals surface area (Å²) in [5.41, 5.74) is -0.0561. The van der Waals surface area contributed by atoms with Crippen molar-refractivity contribution in [1.29, 1.82) is 0 Å². The van der Waals surface area contributed by atoms with Gasteiger partial charge in [0.1, 0.15) is 0 Å². The molecule has 0 saturated carbocycles. The normalized spacial score (nSPS) is 14.1. The van der Waals surface area contributed by atoms with Crippen molar-refractivity contribution in [2.24, 2.45) is 0 Å². The summed E-state index contributed by atoms with van der Waals surface area (Å²) in [6.07, 6.45) is 3.28. The number of anilines is 1. The number of rotatable bonds is 6. The van der Waals surface area contributed by atoms with Gasteiger partial charge in [-0.2, -0.15) is 11.8 Å². The average molecular weight is 257 g/mol. The van der Waals surface area contributed by atoms with Crippen LogP contribution >= 0.6 is 11.8 Å². The molecule has 2 unspecified atom stereocenters. The van der Waals surface area contributed by atoms with Gasteiger partial charge in [-0.15, -0.1) is 0 Å². The molecule has 0 aliphatic rings. The Morgan fingerprint density at radius 3 is 2.88 bits per heavy atom. The highest BCUT2D eigenvalue weighted by Crippen LogP contribution is 2.13. The van der Waals surface area contributed by atoms with Gasteiger partial charge in [-0.25, -0.2) is 14.8 Å². The maximum atomic E-state index is 10.7. The quantitative estimate of drug-likeness (QED) is 0.690. The van der Waals surface area contributed by atoms with Gasteiger partial charge in [-0.05, 0) is 19.2 Å². The standard InChI is InChI=1S/C10H15N3O3S/c1-6(8(5-14)17-2)12-10-11-4-3-7(13-10)9(15)16/h3-4,6,8,14H,5H2,1-2H3,(H,15,16)(H,11,12,13). The van der Waals surface area contributed by atoms with Gasteiger partial charge in [-0.1, -0.05) is 0 Å². The molecule has 0 radical (unpaired) electrons. The van der Waals surface area contributed by atoms with Crippen molar-refractivity contribution in [1.82, 2.24) is 9.97 Å². The van der Waals surface area contributed by atoms with Crippen LogP contribution in [0.1, 0.15) is 17.4 Å². The lowest BCUT2D eigenvalue weighted by molar-refractivity contribution is 0.0690. The summed E-state index contributed by atoms with van der Waals surface area (Å²) in [6, 6.07) is 1.27. The van der Waals surface area contributed by atoms with Gasteiger partial charge in [0.25, 0.3) is 0 Å². The van der Waals surface area contributed by atoms with Crippen LogP contribution in [-0.4, -0.2) is 50.3 Å². The van der Waals surface area contributed by atoms with Crippen LogP contribution in [0, 0.1) is 0 Å². The minimum atomic E-state index is -1.09. The maximum absolute atomic E-state index is 10.7. The van der Waals surface area contributed by atoms with Crippen LogP contribution in [0.5, 0.6) is 0 Å². The molecule has 2 atom stereocenters. The Balaban J connectivity index is 2.74. The first kappa shape index (κ1) is 13.7. The van der Waals surface area contributed by atoms with Gasteiger partial charge in [0, 0.05) is 17.5 Å². The number of nitrogens with zero attached hydrogens (tertiary/aromatic N) is 2. The van der Waals surface area contributed by atoms with E-state index in [1.807, 2.05) is 13.2 Å². The molecule has 6 nitrogen and oxygen atoms in total. The van der Waals surface area contributed by atoms with E-state index < -0.39 is 5.97 Å². The van der Waals surface area contributed by atoms with Gasteiger partial charge < -0.3 is 15.5 Å². The van der Waals surface area contributed by atoms with E-state index in [1.165, 1.54) is 24.0 Å². The van der Waals surface area contributed by atoms with E-state index in [0.717, 1.165) is 0 Å². The molecule has 0 spiro atoms. The third-order valence-electron chi connectivity index (χ3n) is 2.27. The minimum Gasteiger partial charge on any atom is -0.477 e. The number of carbonyl (C=O) groups is 1. The van der Waals surface area contributed by atoms with Crippen LogP contribution in [0.3, 0.4) is 0 Å². The van der Waals surface area contributed by atoms with E-state index in [9.17, 15) is 4.79 Å². The number of carboxylic acids is 1. The number of aromatic nitrogens is 2. The van der Waals surface area contributed by atoms with E-state index in [1.54, 1.807) is 0 Å². The number of carboxylic acid groups (broad SMARTS) is 1. The second-order valence-electron chi connectivity index (χ2n) is 3.46. The summed E-state index contributed by atoms with van der Waals surface area (Å²) < 4.78 is 0. The third-order valence-corrected chi connectivity index (χ3v) is 3.43. The Morgan fingerprint density at radius 1 is 1.65 bits per heavy atom. The fourth-order valence-corrected chi connectivity index (χ4v) is 1.91. The predicted molar refractivity (Wildman–Crippen MR) is 66.5 cm³/mol. The summed E-state index contributed by atoms with van der Waals surface area (Å²) in [4.78, 5) is 18.5. The van der Waals surface area contributed by atoms with Crippen molar-refractivity contribution in [3.05, 3.63) is 18.0 Å². The first-order valence-corrected chi connectivity index (χ1v) is 6.33. The molecule has 1 aromatic heterocycles. The summed E-state index contributed by atoms with van der Waals surface area (Å²) in [5.74, 6) is -0.837. The lowest BCUT2D eigenvalue weighted by atomic mass is 10.2. The predicted octanol–water partition coefficient (Wildman–Crippen LogP) is 0.699. The molecule has 94 valence electrons. The monoisotopic (exact) mass is 257 g/mol. The summed E-state index contributed by atoms with van der Waals surface area (Å²) in [7, 11) is 0. The van der Waals surface area contributed by atoms with Crippen molar-refractivity contribution in [3.8, 4) is 0 Å². The Hall–Kier alpha value is -1.34. The Morgan fingerprint density at radius 2 is 2.35 bits per heavy atom. The fraction of sp³-hybridized carbons (Fsp3) is 0.500. The molecule has 0 aliphatic heterocycles. The Labute approximate surface area is 103 Å². The number of thioether (sulfide) groups is 1. The van der Waals surface area contributed by atoms with Crippen LogP contribution in [-0.2, 0) is 0 Å². The molecule has 0 aliphatic carbocycles. The van der Waals surface area contributed by atoms with E-state index in [2.05, 4.69) is 15.3 Å². The van der Waals surface area contributed by atoms with Crippen LogP contribution in [0.4, 0.5) is 5.95 Å². The summed E-state index contributed by atoms with van der Waals surface area (Å²) in [6.45, 7) is 1.92. The minimum absolute atomic E-state index is 0.00656. The molecule has 0 bridgehead atoms. The Bertz CT molecular complexity index is 385. The SMILES string of the molecule is CSC(CO)C(C)Nc1nccc(C(=O)O)n1. The number of hydrogen-bond donors (Lipinski definition) is 3. The molecule has 0 amide bonds. The molecule has 0 saturated heterocycles. The van der Waals surface area contributed by atoms with Gasteiger partial charge in [0.15, 0.2) is 5.69 Å². The zero-order valence-corrected chi connectivity index (χ0v) is 10.4. The highest BCUT2D eigenvalue weighted by Gasteiger charge is 2.16. The molecule has 0 fully saturated rings. The van der Waals surface area contributed by atoms with Gasteiger partial charge >= 0.3 is 5.97 Å². The second-order valence-corrected chi connectivity index (χ2v) is 4.54. The number of hydrogen-bond acceptors (Lipinski definition) is 6. The maximum Gasteiger partial charge on any atom is 0.354 e. The largest absolute Gasteiger partial charge is 0.477 e. The molecule has 7 heteroatoms. The van der Waals surface area contributed by atoms with E-state index in [0.29, 0.717) is 0 Å². The van der Waals surface area contributed by atoms with Crippen molar-refractivity contribution < 1.29 is 15.0 Å². The first-order chi connectivity index (χ1) is 8.08. The highest BCUT2D eigenvalue weighted by atomic mass is 32.2. The van der Waals surface area contributed by atoms with E-state index in [-0.39, 0.29) is 29.5 Å². The summed E-state index contributed by atoms with van der Waals surface area (Å²) >= 11 is 1.52. The molecule has 17 heavy (non-hydrogen) atoms. The molecule has 1 aromatic rings. The zero-order chi connectivity index (χ0) is 12.8. The number of aliphatic hydroxyl groups excluding tert-OH is 1. The van der Waals surface area contributed by atoms with Gasteiger partial charge in [0.05, 0.1) is 6.61 Å². The lowest BCUT2D eigenvalue weighted by Crippen LogP contribution is -2.31. The first-order valence-electron chi connectivity index (χ1n) is 5.05. The molecule has 0 aromatic carbocycles. The van der Waals surface area contributed by atoms with Crippen LogP contribution in [0.2, 0.25) is 0 Å². The number of aromatic carboxylic acids is 1. The van der Waals surface area contributed by atoms with Gasteiger partial charge in [-0.3, -0.25) is 0 Å². The molecule has 1 heterocycles. The van der Waals surface area contributed by atoms with E-state index in [4.69, 9.17) is 10.2 Å². The lowest BCUT2D eigenvalue weighted by Gasteiger charge is -2.21. The smallest absolute Gasteiger partial charge is 0.354 e. The zero-order valence-electron chi connectivity index (χ0n) is 9.62. The van der Waals surface area contributed by atoms with Crippen LogP contribution in [0.15, 0.2) is 12.3 Å². The highest BCUT2D eigenvalue weighted by molar-refractivity contribution is 7.99. The topological polar surface area (TPSA) is 95.3 Å². The van der Waals surface area contributed by atoms with Crippen LogP contribution in [0.25, 0.3) is 0 Å². The Kier molecular flexibility index (Phi) is 5.17. The fourth-order valence-electron chi connectivity index (χ4n) is 1.28. The van der Waals surface area contributed by atoms with Crippen molar-refractivity contribution in [2.45, 2.75) is 18.2 Å². The number of nitrogens with one attached hydrogen (secondary N) is 1. The average Bonchev–Trinajstić information content (AvgIpc) is 2.30. The molecule has 1 rings (SSSR count). The molecular weight excluding hydrogens is 242 g/mol. The number of aliphatic hydroxyl groups is 1. The summed E-state index contributed by atoms with van der Waals surface area (Å²) in [5, 5.41) is 20.9. The van der Waals surface area contributed by atoms with E-state index >= 15 is 0 Å².